The molecule has 1 saturated carbocycles. The Labute approximate surface area is 141 Å². The van der Waals surface area contributed by atoms with Crippen LogP contribution in [0.4, 0.5) is 0 Å². The second kappa shape index (κ2) is 7.59. The van der Waals surface area contributed by atoms with E-state index in [-0.39, 0.29) is 23.7 Å². The number of amides is 1. The number of nitrogens with zero attached hydrogens (tertiary/aromatic N) is 3. The van der Waals surface area contributed by atoms with Crippen LogP contribution < -0.4 is 9.47 Å². The molecule has 0 aromatic carbocycles. The predicted molar refractivity (Wildman–Crippen MR) is 85.8 cm³/mol. The summed E-state index contributed by atoms with van der Waals surface area (Å²) < 4.78 is 10.9. The van der Waals surface area contributed by atoms with Crippen molar-refractivity contribution in [3.8, 4) is 11.8 Å². The van der Waals surface area contributed by atoms with Crippen LogP contribution in [0.3, 0.4) is 0 Å². The van der Waals surface area contributed by atoms with Gasteiger partial charge in [0.05, 0.1) is 26.0 Å². The Kier molecular flexibility index (Phi) is 5.27. The van der Waals surface area contributed by atoms with E-state index in [1.807, 2.05) is 4.90 Å². The summed E-state index contributed by atoms with van der Waals surface area (Å²) in [6.07, 6.45) is 7.19. The first-order valence-electron chi connectivity index (χ1n) is 8.49. The highest BCUT2D eigenvalue weighted by atomic mass is 16.5. The molecule has 7 nitrogen and oxygen atoms in total. The molecule has 0 radical (unpaired) electrons. The van der Waals surface area contributed by atoms with E-state index in [0.29, 0.717) is 44.0 Å². The Morgan fingerprint density at radius 2 is 1.96 bits per heavy atom. The number of likely N-dealkylation sites (tertiary alicyclic amines) is 1. The minimum atomic E-state index is -0.0886. The van der Waals surface area contributed by atoms with Crippen LogP contribution in [0.25, 0.3) is 0 Å². The third kappa shape index (κ3) is 4.01. The zero-order valence-corrected chi connectivity index (χ0v) is 13.9. The number of piperidine rings is 1. The number of methoxy groups -OCH3 is 1. The first-order chi connectivity index (χ1) is 11.7. The number of hydrogen-bond donors (Lipinski definition) is 0. The summed E-state index contributed by atoms with van der Waals surface area (Å²) in [5.74, 6) is 1.24. The average molecular weight is 333 g/mol. The molecule has 2 aliphatic rings. The molecule has 0 bridgehead atoms. The van der Waals surface area contributed by atoms with Crippen molar-refractivity contribution in [3.63, 3.8) is 0 Å². The molecule has 1 aliphatic carbocycles. The van der Waals surface area contributed by atoms with Gasteiger partial charge in [-0.2, -0.15) is 4.98 Å². The fourth-order valence-electron chi connectivity index (χ4n) is 3.34. The molecule has 1 saturated heterocycles. The van der Waals surface area contributed by atoms with E-state index in [0.717, 1.165) is 19.4 Å². The normalized spacial score (nSPS) is 22.3. The van der Waals surface area contributed by atoms with E-state index in [4.69, 9.17) is 9.47 Å². The Bertz CT molecular complexity index is 597. The molecule has 7 heteroatoms. The maximum Gasteiger partial charge on any atom is 0.235 e. The second-order valence-electron chi connectivity index (χ2n) is 6.38. The number of carbonyl (C=O) groups is 2. The van der Waals surface area contributed by atoms with Gasteiger partial charge < -0.3 is 14.4 Å². The quantitative estimate of drug-likeness (QED) is 0.833. The molecule has 1 amide bonds. The van der Waals surface area contributed by atoms with Crippen molar-refractivity contribution in [2.45, 2.75) is 44.6 Å². The Balaban J connectivity index is 1.57. The van der Waals surface area contributed by atoms with Gasteiger partial charge in [0.2, 0.25) is 17.7 Å². The van der Waals surface area contributed by atoms with Crippen LogP contribution in [-0.4, -0.2) is 52.9 Å². The summed E-state index contributed by atoms with van der Waals surface area (Å²) in [6, 6.07) is 0. The number of ketones is 1. The van der Waals surface area contributed by atoms with Gasteiger partial charge in [0.25, 0.3) is 0 Å². The Morgan fingerprint density at radius 3 is 2.71 bits per heavy atom. The van der Waals surface area contributed by atoms with E-state index in [9.17, 15) is 9.59 Å². The number of rotatable bonds is 4. The monoisotopic (exact) mass is 333 g/mol. The molecule has 1 aliphatic heterocycles. The summed E-state index contributed by atoms with van der Waals surface area (Å²) in [5, 5.41) is 0. The van der Waals surface area contributed by atoms with Gasteiger partial charge in [-0.25, -0.2) is 0 Å². The highest BCUT2D eigenvalue weighted by Crippen LogP contribution is 2.26. The fraction of sp³-hybridized carbons (Fsp3) is 0.647. The highest BCUT2D eigenvalue weighted by Gasteiger charge is 2.32. The Hall–Kier alpha value is -2.18. The van der Waals surface area contributed by atoms with Crippen molar-refractivity contribution in [3.05, 3.63) is 12.4 Å². The van der Waals surface area contributed by atoms with Crippen molar-refractivity contribution >= 4 is 11.7 Å². The summed E-state index contributed by atoms with van der Waals surface area (Å²) in [5.41, 5.74) is 0. The molecule has 1 aromatic rings. The summed E-state index contributed by atoms with van der Waals surface area (Å²) >= 11 is 0. The molecule has 0 N–H and O–H groups in total. The van der Waals surface area contributed by atoms with Gasteiger partial charge in [0, 0.05) is 25.3 Å². The van der Waals surface area contributed by atoms with E-state index in [2.05, 4.69) is 9.97 Å². The molecular formula is C17H23N3O4. The van der Waals surface area contributed by atoms with Gasteiger partial charge in [-0.3, -0.25) is 14.6 Å². The first-order valence-corrected chi connectivity index (χ1v) is 8.49. The lowest BCUT2D eigenvalue weighted by Crippen LogP contribution is -2.47. The van der Waals surface area contributed by atoms with Gasteiger partial charge >= 0.3 is 0 Å². The molecule has 1 atom stereocenters. The lowest BCUT2D eigenvalue weighted by Gasteiger charge is -2.35. The predicted octanol–water partition coefficient (Wildman–Crippen LogP) is 1.61. The summed E-state index contributed by atoms with van der Waals surface area (Å²) in [7, 11) is 1.53. The summed E-state index contributed by atoms with van der Waals surface area (Å²) in [4.78, 5) is 34.1. The zero-order chi connectivity index (χ0) is 16.9. The van der Waals surface area contributed by atoms with Crippen LogP contribution in [0.5, 0.6) is 11.8 Å². The molecule has 24 heavy (non-hydrogen) atoms. The number of Topliss-reactive ketones (excluding diaryl/α,β-unsaturated/α-hetero) is 1. The maximum atomic E-state index is 12.7. The molecule has 1 aromatic heterocycles. The number of carbonyl (C=O) groups excluding carboxylic acids is 2. The molecule has 2 heterocycles. The largest absolute Gasteiger partial charge is 0.480 e. The number of aromatic nitrogens is 2. The Morgan fingerprint density at radius 1 is 1.21 bits per heavy atom. The maximum absolute atomic E-state index is 12.7. The van der Waals surface area contributed by atoms with Gasteiger partial charge in [0.1, 0.15) is 11.9 Å². The van der Waals surface area contributed by atoms with Crippen LogP contribution in [-0.2, 0) is 9.59 Å². The van der Waals surface area contributed by atoms with E-state index < -0.39 is 0 Å². The summed E-state index contributed by atoms with van der Waals surface area (Å²) in [6.45, 7) is 1.31. The SMILES string of the molecule is COc1cncc(OC2CCCN(C(=O)C3CCC(=O)CC3)C2)n1. The second-order valence-corrected chi connectivity index (χ2v) is 6.38. The minimum absolute atomic E-state index is 0.0157. The van der Waals surface area contributed by atoms with Crippen LogP contribution in [0.15, 0.2) is 12.4 Å². The molecule has 130 valence electrons. The molecular weight excluding hydrogens is 310 g/mol. The minimum Gasteiger partial charge on any atom is -0.480 e. The third-order valence-corrected chi connectivity index (χ3v) is 4.67. The number of hydrogen-bond acceptors (Lipinski definition) is 6. The smallest absolute Gasteiger partial charge is 0.235 e. The van der Waals surface area contributed by atoms with Gasteiger partial charge in [-0.1, -0.05) is 0 Å². The standard InChI is InChI=1S/C17H23N3O4/c1-23-15-9-18-10-16(19-15)24-14-3-2-8-20(11-14)17(22)12-4-6-13(21)7-5-12/h9-10,12,14H,2-8,11H2,1H3. The van der Waals surface area contributed by atoms with Crippen molar-refractivity contribution in [2.24, 2.45) is 5.92 Å². The molecule has 1 unspecified atom stereocenters. The zero-order valence-electron chi connectivity index (χ0n) is 13.9. The topological polar surface area (TPSA) is 81.6 Å². The van der Waals surface area contributed by atoms with Crippen molar-refractivity contribution in [1.29, 1.82) is 0 Å². The van der Waals surface area contributed by atoms with Crippen LogP contribution in [0.2, 0.25) is 0 Å². The van der Waals surface area contributed by atoms with Crippen LogP contribution in [0.1, 0.15) is 38.5 Å². The first kappa shape index (κ1) is 16.7. The van der Waals surface area contributed by atoms with Crippen LogP contribution in [0, 0.1) is 5.92 Å². The van der Waals surface area contributed by atoms with Gasteiger partial charge in [-0.05, 0) is 25.7 Å². The molecule has 3 rings (SSSR count). The third-order valence-electron chi connectivity index (χ3n) is 4.67. The van der Waals surface area contributed by atoms with Crippen molar-refractivity contribution in [1.82, 2.24) is 14.9 Å². The average Bonchev–Trinajstić information content (AvgIpc) is 2.62. The van der Waals surface area contributed by atoms with E-state index >= 15 is 0 Å². The van der Waals surface area contributed by atoms with Crippen molar-refractivity contribution < 1.29 is 19.1 Å². The fourth-order valence-corrected chi connectivity index (χ4v) is 3.34. The molecule has 2 fully saturated rings. The van der Waals surface area contributed by atoms with E-state index in [1.165, 1.54) is 13.3 Å². The van der Waals surface area contributed by atoms with E-state index in [1.54, 1.807) is 6.20 Å². The highest BCUT2D eigenvalue weighted by molar-refractivity contribution is 5.84. The van der Waals surface area contributed by atoms with Crippen molar-refractivity contribution in [2.75, 3.05) is 20.2 Å². The van der Waals surface area contributed by atoms with Gasteiger partial charge in [0.15, 0.2) is 0 Å². The van der Waals surface area contributed by atoms with Crippen LogP contribution >= 0.6 is 0 Å². The van der Waals surface area contributed by atoms with Gasteiger partial charge in [-0.15, -0.1) is 0 Å². The number of ether oxygens (including phenoxy) is 2. The lowest BCUT2D eigenvalue weighted by molar-refractivity contribution is -0.140. The molecule has 0 spiro atoms. The lowest BCUT2D eigenvalue weighted by atomic mass is 9.87.